The lowest BCUT2D eigenvalue weighted by molar-refractivity contribution is 0.254. The molecule has 0 atom stereocenters. The number of halogens is 1. The van der Waals surface area contributed by atoms with Crippen molar-refractivity contribution in [2.45, 2.75) is 13.8 Å². The van der Waals surface area contributed by atoms with Gasteiger partial charge in [-0.25, -0.2) is 4.79 Å². The highest BCUT2D eigenvalue weighted by atomic mass is 35.5. The molecule has 19 heavy (non-hydrogen) atoms. The average Bonchev–Trinajstić information content (AvgIpc) is 2.31. The van der Waals surface area contributed by atoms with Gasteiger partial charge in [-0.05, 0) is 38.1 Å². The Balaban J connectivity index is 2.68. The summed E-state index contributed by atoms with van der Waals surface area (Å²) in [4.78, 5) is 11.8. The third-order valence-corrected chi connectivity index (χ3v) is 2.33. The van der Waals surface area contributed by atoms with Crippen LogP contribution in [0.4, 0.5) is 10.5 Å². The van der Waals surface area contributed by atoms with Crippen LogP contribution in [-0.2, 0) is 0 Å². The second-order valence-corrected chi connectivity index (χ2v) is 4.48. The number of anilines is 1. The van der Waals surface area contributed by atoms with Crippen molar-refractivity contribution in [1.82, 2.24) is 5.32 Å². The highest BCUT2D eigenvalue weighted by molar-refractivity contribution is 6.30. The van der Waals surface area contributed by atoms with Crippen molar-refractivity contribution >= 4 is 23.3 Å². The summed E-state index contributed by atoms with van der Waals surface area (Å²) in [6.45, 7) is 7.40. The predicted octanol–water partition coefficient (Wildman–Crippen LogP) is 4.33. The first-order chi connectivity index (χ1) is 9.01. The summed E-state index contributed by atoms with van der Waals surface area (Å²) in [6, 6.07) is 7.21. The Kier molecular flexibility index (Phi) is 5.90. The number of allylic oxidation sites excluding steroid dienone is 4. The fourth-order valence-corrected chi connectivity index (χ4v) is 1.52. The number of amides is 2. The summed E-state index contributed by atoms with van der Waals surface area (Å²) in [6.07, 6.45) is 5.12. The fourth-order valence-electron chi connectivity index (χ4n) is 1.40. The van der Waals surface area contributed by atoms with Crippen molar-refractivity contribution in [2.75, 3.05) is 5.32 Å². The molecule has 0 bridgehead atoms. The van der Waals surface area contributed by atoms with Crippen molar-refractivity contribution in [3.05, 3.63) is 65.4 Å². The third-order valence-electron chi connectivity index (χ3n) is 2.23. The first kappa shape index (κ1) is 15.1. The van der Waals surface area contributed by atoms with Gasteiger partial charge in [0, 0.05) is 16.4 Å². The maximum Gasteiger partial charge on any atom is 0.323 e. The molecule has 0 saturated heterocycles. The smallest absolute Gasteiger partial charge is 0.308 e. The van der Waals surface area contributed by atoms with Crippen LogP contribution in [0.2, 0.25) is 0 Å². The number of aryl methyl sites for hydroxylation is 1. The minimum atomic E-state index is -0.328. The number of hydrogen-bond donors (Lipinski definition) is 2. The minimum Gasteiger partial charge on any atom is -0.308 e. The molecule has 2 amide bonds. The van der Waals surface area contributed by atoms with Gasteiger partial charge in [-0.15, -0.1) is 0 Å². The predicted molar refractivity (Wildman–Crippen MR) is 81.2 cm³/mol. The van der Waals surface area contributed by atoms with Crippen molar-refractivity contribution in [1.29, 1.82) is 0 Å². The van der Waals surface area contributed by atoms with Gasteiger partial charge in [0.05, 0.1) is 0 Å². The zero-order valence-corrected chi connectivity index (χ0v) is 11.8. The van der Waals surface area contributed by atoms with Crippen LogP contribution in [0.3, 0.4) is 0 Å². The summed E-state index contributed by atoms with van der Waals surface area (Å²) >= 11 is 5.69. The number of benzene rings is 1. The Hall–Kier alpha value is -2.00. The molecule has 0 aromatic heterocycles. The van der Waals surface area contributed by atoms with Gasteiger partial charge in [-0.1, -0.05) is 42.0 Å². The highest BCUT2D eigenvalue weighted by Gasteiger charge is 2.02. The van der Waals surface area contributed by atoms with Crippen LogP contribution in [0.1, 0.15) is 12.5 Å². The zero-order chi connectivity index (χ0) is 14.3. The first-order valence-electron chi connectivity index (χ1n) is 5.84. The van der Waals surface area contributed by atoms with Gasteiger partial charge < -0.3 is 10.6 Å². The lowest BCUT2D eigenvalue weighted by atomic mass is 10.2. The van der Waals surface area contributed by atoms with E-state index in [1.807, 2.05) is 38.1 Å². The normalized spacial score (nSPS) is 11.4. The molecule has 0 fully saturated rings. The van der Waals surface area contributed by atoms with Crippen LogP contribution in [0.15, 0.2) is 59.8 Å². The highest BCUT2D eigenvalue weighted by Crippen LogP contribution is 2.09. The van der Waals surface area contributed by atoms with Crippen molar-refractivity contribution in [3.8, 4) is 0 Å². The summed E-state index contributed by atoms with van der Waals surface area (Å²) < 4.78 is 0. The Morgan fingerprint density at radius 1 is 1.32 bits per heavy atom. The van der Waals surface area contributed by atoms with Gasteiger partial charge in [0.15, 0.2) is 0 Å². The summed E-state index contributed by atoms with van der Waals surface area (Å²) in [5, 5.41) is 5.78. The zero-order valence-electron chi connectivity index (χ0n) is 11.0. The van der Waals surface area contributed by atoms with E-state index < -0.39 is 0 Å². The second kappa shape index (κ2) is 7.44. The van der Waals surface area contributed by atoms with Crippen molar-refractivity contribution < 1.29 is 4.79 Å². The Morgan fingerprint density at radius 3 is 2.47 bits per heavy atom. The van der Waals surface area contributed by atoms with Crippen LogP contribution in [-0.4, -0.2) is 6.03 Å². The van der Waals surface area contributed by atoms with Crippen molar-refractivity contribution in [2.24, 2.45) is 0 Å². The molecule has 0 spiro atoms. The van der Waals surface area contributed by atoms with E-state index in [0.717, 1.165) is 11.3 Å². The molecule has 4 heteroatoms. The topological polar surface area (TPSA) is 41.1 Å². The van der Waals surface area contributed by atoms with Crippen LogP contribution in [0.5, 0.6) is 0 Å². The molecule has 0 radical (unpaired) electrons. The molecule has 1 aromatic rings. The standard InChI is InChI=1S/C15H17ClN2O/c1-4-5-14(10-12(3)16)18-15(19)17-13-8-6-11(2)7-9-13/h4-10H,3H2,1-2H3,(H2,17,18,19)/b5-4-,14-10+. The van der Waals surface area contributed by atoms with E-state index in [2.05, 4.69) is 17.2 Å². The summed E-state index contributed by atoms with van der Waals surface area (Å²) in [5.41, 5.74) is 2.44. The maximum atomic E-state index is 11.8. The second-order valence-electron chi connectivity index (χ2n) is 3.99. The Bertz CT molecular complexity index is 515. The first-order valence-corrected chi connectivity index (χ1v) is 6.22. The summed E-state index contributed by atoms with van der Waals surface area (Å²) in [7, 11) is 0. The quantitative estimate of drug-likeness (QED) is 0.790. The van der Waals surface area contributed by atoms with Gasteiger partial charge in [0.2, 0.25) is 0 Å². The van der Waals surface area contributed by atoms with E-state index in [4.69, 9.17) is 11.6 Å². The minimum absolute atomic E-state index is 0.328. The molecule has 2 N–H and O–H groups in total. The van der Waals surface area contributed by atoms with Gasteiger partial charge in [0.1, 0.15) is 0 Å². The van der Waals surface area contributed by atoms with Crippen LogP contribution in [0.25, 0.3) is 0 Å². The molecule has 3 nitrogen and oxygen atoms in total. The van der Waals surface area contributed by atoms with Crippen LogP contribution < -0.4 is 10.6 Å². The largest absolute Gasteiger partial charge is 0.323 e. The lowest BCUT2D eigenvalue weighted by Crippen LogP contribution is -2.27. The summed E-state index contributed by atoms with van der Waals surface area (Å²) in [5.74, 6) is 0. The van der Waals surface area contributed by atoms with E-state index in [1.165, 1.54) is 0 Å². The van der Waals surface area contributed by atoms with E-state index in [0.29, 0.717) is 10.7 Å². The number of hydrogen-bond acceptors (Lipinski definition) is 1. The molecular weight excluding hydrogens is 260 g/mol. The molecule has 0 aliphatic heterocycles. The van der Waals surface area contributed by atoms with Crippen molar-refractivity contribution in [3.63, 3.8) is 0 Å². The van der Waals surface area contributed by atoms with Crippen LogP contribution in [0, 0.1) is 6.92 Å². The molecule has 0 aliphatic rings. The van der Waals surface area contributed by atoms with Gasteiger partial charge in [0.25, 0.3) is 0 Å². The van der Waals surface area contributed by atoms with Gasteiger partial charge >= 0.3 is 6.03 Å². The molecule has 0 saturated carbocycles. The molecule has 0 heterocycles. The monoisotopic (exact) mass is 276 g/mol. The van der Waals surface area contributed by atoms with Gasteiger partial charge in [-0.2, -0.15) is 0 Å². The molecule has 0 unspecified atom stereocenters. The lowest BCUT2D eigenvalue weighted by Gasteiger charge is -2.08. The number of carbonyl (C=O) groups excluding carboxylic acids is 1. The number of nitrogens with one attached hydrogen (secondary N) is 2. The molecule has 1 rings (SSSR count). The Labute approximate surface area is 118 Å². The van der Waals surface area contributed by atoms with E-state index >= 15 is 0 Å². The SMILES string of the molecule is C=C(Cl)/C=C(\C=C/C)NC(=O)Nc1ccc(C)cc1. The maximum absolute atomic E-state index is 11.8. The number of carbonyl (C=O) groups is 1. The van der Waals surface area contributed by atoms with E-state index in [1.54, 1.807) is 18.2 Å². The van der Waals surface area contributed by atoms with E-state index in [9.17, 15) is 4.79 Å². The van der Waals surface area contributed by atoms with E-state index in [-0.39, 0.29) is 6.03 Å². The average molecular weight is 277 g/mol. The molecule has 1 aromatic carbocycles. The molecule has 100 valence electrons. The number of rotatable bonds is 4. The molecular formula is C15H17ClN2O. The molecule has 0 aliphatic carbocycles. The third kappa shape index (κ3) is 5.93. The van der Waals surface area contributed by atoms with Crippen LogP contribution >= 0.6 is 11.6 Å². The van der Waals surface area contributed by atoms with Gasteiger partial charge in [-0.3, -0.25) is 0 Å². The fraction of sp³-hybridized carbons (Fsp3) is 0.133. The Morgan fingerprint density at radius 2 is 1.95 bits per heavy atom. The number of urea groups is 1.